The fourth-order valence-electron chi connectivity index (χ4n) is 2.90. The molecule has 0 spiro atoms. The second kappa shape index (κ2) is 5.15. The van der Waals surface area contributed by atoms with Gasteiger partial charge in [-0.2, -0.15) is 0 Å². The lowest BCUT2D eigenvalue weighted by atomic mass is 9.93. The Bertz CT molecular complexity index is 662. The summed E-state index contributed by atoms with van der Waals surface area (Å²) in [5, 5.41) is 12.9. The number of carboxylic acids is 1. The van der Waals surface area contributed by atoms with E-state index in [-0.39, 0.29) is 6.04 Å². The first-order valence-corrected chi connectivity index (χ1v) is 7.42. The Kier molecular flexibility index (Phi) is 3.45. The van der Waals surface area contributed by atoms with Crippen LogP contribution >= 0.6 is 0 Å². The predicted octanol–water partition coefficient (Wildman–Crippen LogP) is 2.58. The molecule has 112 valence electrons. The summed E-state index contributed by atoms with van der Waals surface area (Å²) in [6.45, 7) is 3.83. The summed E-state index contributed by atoms with van der Waals surface area (Å²) in [7, 11) is 0. The maximum absolute atomic E-state index is 11.7. The zero-order chi connectivity index (χ0) is 15.0. The fraction of sp³-hybridized carbons (Fsp3) is 0.500. The van der Waals surface area contributed by atoms with Crippen LogP contribution in [0.3, 0.4) is 0 Å². The zero-order valence-corrected chi connectivity index (χ0v) is 12.4. The van der Waals surface area contributed by atoms with Crippen molar-refractivity contribution < 1.29 is 9.90 Å². The highest BCUT2D eigenvalue weighted by Crippen LogP contribution is 2.29. The first-order chi connectivity index (χ1) is 9.99. The second-order valence-corrected chi connectivity index (χ2v) is 6.25. The summed E-state index contributed by atoms with van der Waals surface area (Å²) in [6.07, 6.45) is 4.48. The lowest BCUT2D eigenvalue weighted by Gasteiger charge is -2.30. The van der Waals surface area contributed by atoms with E-state index in [9.17, 15) is 9.90 Å². The van der Waals surface area contributed by atoms with Gasteiger partial charge in [0.1, 0.15) is 5.54 Å². The number of aliphatic carboxylic acids is 1. The van der Waals surface area contributed by atoms with Gasteiger partial charge in [-0.3, -0.25) is 10.1 Å². The molecule has 21 heavy (non-hydrogen) atoms. The maximum Gasteiger partial charge on any atom is 0.323 e. The van der Waals surface area contributed by atoms with Gasteiger partial charge in [-0.25, -0.2) is 4.98 Å². The normalized spacial score (nSPS) is 19.3. The number of rotatable bonds is 6. The molecule has 1 aromatic carbocycles. The zero-order valence-electron chi connectivity index (χ0n) is 12.4. The SMILES string of the molecule is CC(CC(C)(NC1CC1)C(=O)O)n1cnc2ccccc21. The van der Waals surface area contributed by atoms with Crippen molar-refractivity contribution in [2.45, 2.75) is 50.7 Å². The summed E-state index contributed by atoms with van der Waals surface area (Å²) >= 11 is 0. The van der Waals surface area contributed by atoms with Crippen molar-refractivity contribution in [3.8, 4) is 0 Å². The highest BCUT2D eigenvalue weighted by Gasteiger charge is 2.39. The molecule has 1 aliphatic rings. The third kappa shape index (κ3) is 2.78. The van der Waals surface area contributed by atoms with Crippen molar-refractivity contribution in [3.05, 3.63) is 30.6 Å². The molecular formula is C16H21N3O2. The van der Waals surface area contributed by atoms with Gasteiger partial charge >= 0.3 is 5.97 Å². The van der Waals surface area contributed by atoms with E-state index in [0.29, 0.717) is 12.5 Å². The van der Waals surface area contributed by atoms with Crippen LogP contribution < -0.4 is 5.32 Å². The van der Waals surface area contributed by atoms with E-state index >= 15 is 0 Å². The van der Waals surface area contributed by atoms with E-state index in [4.69, 9.17) is 0 Å². The number of hydrogen-bond acceptors (Lipinski definition) is 3. The molecule has 3 rings (SSSR count). The Morgan fingerprint density at radius 3 is 2.90 bits per heavy atom. The average Bonchev–Trinajstić information content (AvgIpc) is 3.14. The molecule has 1 saturated carbocycles. The second-order valence-electron chi connectivity index (χ2n) is 6.25. The first kappa shape index (κ1) is 14.1. The minimum Gasteiger partial charge on any atom is -0.480 e. The molecule has 5 heteroatoms. The summed E-state index contributed by atoms with van der Waals surface area (Å²) in [5.74, 6) is -0.786. The smallest absolute Gasteiger partial charge is 0.323 e. The number of carboxylic acid groups (broad SMARTS) is 1. The van der Waals surface area contributed by atoms with Crippen LogP contribution in [0.4, 0.5) is 0 Å². The van der Waals surface area contributed by atoms with Crippen LogP contribution in [-0.4, -0.2) is 32.2 Å². The number of para-hydroxylation sites is 2. The molecule has 0 amide bonds. The van der Waals surface area contributed by atoms with Crippen LogP contribution in [0.2, 0.25) is 0 Å². The minimum absolute atomic E-state index is 0.0600. The number of nitrogens with zero attached hydrogens (tertiary/aromatic N) is 2. The van der Waals surface area contributed by atoms with Gasteiger partial charge in [-0.05, 0) is 45.2 Å². The van der Waals surface area contributed by atoms with Crippen molar-refractivity contribution in [1.82, 2.24) is 14.9 Å². The Morgan fingerprint density at radius 1 is 1.52 bits per heavy atom. The third-order valence-corrected chi connectivity index (χ3v) is 4.23. The van der Waals surface area contributed by atoms with Crippen LogP contribution in [0.15, 0.2) is 30.6 Å². The van der Waals surface area contributed by atoms with Crippen LogP contribution in [-0.2, 0) is 4.79 Å². The molecule has 1 fully saturated rings. The van der Waals surface area contributed by atoms with Gasteiger partial charge < -0.3 is 9.67 Å². The van der Waals surface area contributed by atoms with Gasteiger partial charge in [0.25, 0.3) is 0 Å². The lowest BCUT2D eigenvalue weighted by molar-refractivity contribution is -0.145. The van der Waals surface area contributed by atoms with Crippen LogP contribution in [0.5, 0.6) is 0 Å². The Morgan fingerprint density at radius 2 is 2.24 bits per heavy atom. The number of fused-ring (bicyclic) bond motifs is 1. The summed E-state index contributed by atoms with van der Waals surface area (Å²) in [5.41, 5.74) is 1.09. The van der Waals surface area contributed by atoms with Crippen LogP contribution in [0.25, 0.3) is 11.0 Å². The summed E-state index contributed by atoms with van der Waals surface area (Å²) < 4.78 is 2.06. The highest BCUT2D eigenvalue weighted by atomic mass is 16.4. The number of benzene rings is 1. The van der Waals surface area contributed by atoms with Crippen molar-refractivity contribution in [2.24, 2.45) is 0 Å². The van der Waals surface area contributed by atoms with Crippen molar-refractivity contribution in [2.75, 3.05) is 0 Å². The van der Waals surface area contributed by atoms with Crippen LogP contribution in [0, 0.1) is 0 Å². The number of imidazole rings is 1. The van der Waals surface area contributed by atoms with E-state index < -0.39 is 11.5 Å². The molecule has 5 nitrogen and oxygen atoms in total. The molecule has 1 heterocycles. The number of hydrogen-bond donors (Lipinski definition) is 2. The number of nitrogens with one attached hydrogen (secondary N) is 1. The van der Waals surface area contributed by atoms with Crippen molar-refractivity contribution >= 4 is 17.0 Å². The molecule has 0 bridgehead atoms. The largest absolute Gasteiger partial charge is 0.480 e. The van der Waals surface area contributed by atoms with Crippen LogP contribution in [0.1, 0.15) is 39.2 Å². The van der Waals surface area contributed by atoms with Gasteiger partial charge in [0, 0.05) is 12.1 Å². The highest BCUT2D eigenvalue weighted by molar-refractivity contribution is 5.78. The van der Waals surface area contributed by atoms with E-state index in [0.717, 1.165) is 23.9 Å². The maximum atomic E-state index is 11.7. The van der Waals surface area contributed by atoms with Gasteiger partial charge in [0.05, 0.1) is 17.4 Å². The van der Waals surface area contributed by atoms with E-state index in [1.54, 1.807) is 13.3 Å². The Hall–Kier alpha value is -1.88. The molecule has 2 atom stereocenters. The molecule has 0 radical (unpaired) electrons. The average molecular weight is 287 g/mol. The lowest BCUT2D eigenvalue weighted by Crippen LogP contribution is -2.51. The van der Waals surface area contributed by atoms with Gasteiger partial charge in [0.15, 0.2) is 0 Å². The molecule has 2 aromatic rings. The third-order valence-electron chi connectivity index (χ3n) is 4.23. The van der Waals surface area contributed by atoms with Crippen molar-refractivity contribution in [1.29, 1.82) is 0 Å². The van der Waals surface area contributed by atoms with E-state index in [1.807, 2.05) is 31.2 Å². The monoisotopic (exact) mass is 287 g/mol. The van der Waals surface area contributed by atoms with Crippen molar-refractivity contribution in [3.63, 3.8) is 0 Å². The molecule has 1 aliphatic carbocycles. The molecule has 0 aliphatic heterocycles. The fourth-order valence-corrected chi connectivity index (χ4v) is 2.90. The minimum atomic E-state index is -0.897. The molecule has 0 saturated heterocycles. The predicted molar refractivity (Wildman–Crippen MR) is 81.3 cm³/mol. The quantitative estimate of drug-likeness (QED) is 0.857. The summed E-state index contributed by atoms with van der Waals surface area (Å²) in [6, 6.07) is 8.34. The number of aromatic nitrogens is 2. The standard InChI is InChI=1S/C16H21N3O2/c1-11(9-16(2,15(20)21)18-12-7-8-12)19-10-17-13-5-3-4-6-14(13)19/h3-6,10-12,18H,7-9H2,1-2H3,(H,20,21). The Balaban J connectivity index is 1.83. The van der Waals surface area contributed by atoms with E-state index in [1.165, 1.54) is 0 Å². The molecule has 2 N–H and O–H groups in total. The van der Waals surface area contributed by atoms with E-state index in [2.05, 4.69) is 14.9 Å². The Labute approximate surface area is 124 Å². The molecule has 2 unspecified atom stereocenters. The van der Waals surface area contributed by atoms with Gasteiger partial charge in [-0.1, -0.05) is 12.1 Å². The van der Waals surface area contributed by atoms with Gasteiger partial charge in [-0.15, -0.1) is 0 Å². The van der Waals surface area contributed by atoms with Gasteiger partial charge in [0.2, 0.25) is 0 Å². The molecular weight excluding hydrogens is 266 g/mol. The molecule has 1 aromatic heterocycles. The summed E-state index contributed by atoms with van der Waals surface area (Å²) in [4.78, 5) is 16.0. The number of carbonyl (C=O) groups is 1. The first-order valence-electron chi connectivity index (χ1n) is 7.42. The topological polar surface area (TPSA) is 67.2 Å².